The van der Waals surface area contributed by atoms with E-state index in [2.05, 4.69) is 26.2 Å². The van der Waals surface area contributed by atoms with Crippen LogP contribution in [0.3, 0.4) is 0 Å². The molecule has 1 amide bonds. The number of carbonyl (C=O) groups is 1. The van der Waals surface area contributed by atoms with Gasteiger partial charge in [-0.05, 0) is 45.3 Å². The number of aliphatic hydroxyl groups excluding tert-OH is 1. The zero-order valence-electron chi connectivity index (χ0n) is 12.6. The quantitative estimate of drug-likeness (QED) is 0.484. The predicted octanol–water partition coefficient (Wildman–Crippen LogP) is 2.53. The minimum absolute atomic E-state index is 0.0582. The van der Waals surface area contributed by atoms with E-state index in [9.17, 15) is 15.2 Å². The Morgan fingerprint density at radius 3 is 2.88 bits per heavy atom. The van der Waals surface area contributed by atoms with Gasteiger partial charge in [0.15, 0.2) is 0 Å². The van der Waals surface area contributed by atoms with Crippen LogP contribution in [-0.4, -0.2) is 22.1 Å². The van der Waals surface area contributed by atoms with Crippen molar-refractivity contribution in [3.05, 3.63) is 69.5 Å². The molecular weight excluding hydrogens is 370 g/mol. The molecular formula is C18H14BrN3O2. The number of hydrogen-bond acceptors (Lipinski definition) is 4. The maximum atomic E-state index is 12.4. The molecule has 1 aliphatic rings. The normalized spacial score (nSPS) is 19.5. The first kappa shape index (κ1) is 16.4. The number of hydrogen-bond donors (Lipinski definition) is 2. The number of aromatic nitrogens is 1. The van der Waals surface area contributed by atoms with Crippen LogP contribution in [0.4, 0.5) is 0 Å². The number of carbonyl (C=O) groups excluding carboxylic acids is 1. The second-order valence-corrected chi connectivity index (χ2v) is 6.29. The Kier molecular flexibility index (Phi) is 4.74. The van der Waals surface area contributed by atoms with Gasteiger partial charge in [0.05, 0.1) is 17.8 Å². The van der Waals surface area contributed by atoms with Crippen LogP contribution in [0.5, 0.6) is 0 Å². The molecule has 120 valence electrons. The van der Waals surface area contributed by atoms with Crippen LogP contribution in [0.1, 0.15) is 22.9 Å². The molecule has 2 N–H and O–H groups in total. The largest absolute Gasteiger partial charge is 0.390 e. The number of aliphatic hydroxyl groups is 1. The summed E-state index contributed by atoms with van der Waals surface area (Å²) in [5, 5.41) is 22.2. The van der Waals surface area contributed by atoms with Crippen molar-refractivity contribution in [1.29, 1.82) is 5.26 Å². The van der Waals surface area contributed by atoms with E-state index < -0.39 is 18.1 Å². The molecule has 0 radical (unpaired) electrons. The maximum Gasteiger partial charge on any atom is 0.262 e. The van der Waals surface area contributed by atoms with E-state index in [1.165, 1.54) is 6.08 Å². The van der Waals surface area contributed by atoms with Crippen LogP contribution >= 0.6 is 15.9 Å². The molecule has 6 heteroatoms. The monoisotopic (exact) mass is 383 g/mol. The first-order valence-corrected chi connectivity index (χ1v) is 8.19. The summed E-state index contributed by atoms with van der Waals surface area (Å²) in [4.78, 5) is 16.6. The minimum atomic E-state index is -0.699. The highest BCUT2D eigenvalue weighted by atomic mass is 79.9. The Balaban J connectivity index is 1.82. The smallest absolute Gasteiger partial charge is 0.262 e. The van der Waals surface area contributed by atoms with E-state index in [-0.39, 0.29) is 5.57 Å². The van der Waals surface area contributed by atoms with Gasteiger partial charge in [-0.3, -0.25) is 4.79 Å². The predicted molar refractivity (Wildman–Crippen MR) is 92.6 cm³/mol. The molecule has 2 aromatic rings. The van der Waals surface area contributed by atoms with Crippen molar-refractivity contribution >= 4 is 27.9 Å². The third kappa shape index (κ3) is 3.37. The van der Waals surface area contributed by atoms with Gasteiger partial charge in [-0.15, -0.1) is 0 Å². The molecule has 1 aromatic carbocycles. The summed E-state index contributed by atoms with van der Waals surface area (Å²) in [5.41, 5.74) is 2.34. The van der Waals surface area contributed by atoms with Crippen LogP contribution in [0, 0.1) is 11.3 Å². The fourth-order valence-corrected chi connectivity index (χ4v) is 3.13. The van der Waals surface area contributed by atoms with Crippen LogP contribution < -0.4 is 5.32 Å². The molecule has 3 rings (SSSR count). The van der Waals surface area contributed by atoms with E-state index in [0.29, 0.717) is 16.7 Å². The molecule has 0 spiro atoms. The van der Waals surface area contributed by atoms with Crippen molar-refractivity contribution in [3.8, 4) is 6.07 Å². The van der Waals surface area contributed by atoms with Gasteiger partial charge in [-0.25, -0.2) is 4.98 Å². The Bertz CT molecular complexity index is 857. The number of pyridine rings is 1. The second kappa shape index (κ2) is 6.95. The number of amides is 1. The van der Waals surface area contributed by atoms with E-state index in [1.54, 1.807) is 18.2 Å². The maximum absolute atomic E-state index is 12.4. The van der Waals surface area contributed by atoms with Gasteiger partial charge in [0.25, 0.3) is 5.91 Å². The number of fused-ring (bicyclic) bond motifs is 1. The highest BCUT2D eigenvalue weighted by Crippen LogP contribution is 2.31. The van der Waals surface area contributed by atoms with Crippen molar-refractivity contribution in [2.75, 3.05) is 0 Å². The zero-order valence-corrected chi connectivity index (χ0v) is 14.2. The first-order valence-electron chi connectivity index (χ1n) is 7.39. The van der Waals surface area contributed by atoms with Crippen LogP contribution in [0.15, 0.2) is 52.6 Å². The number of rotatable bonds is 3. The highest BCUT2D eigenvalue weighted by Gasteiger charge is 2.32. The molecule has 0 bridgehead atoms. The van der Waals surface area contributed by atoms with Crippen molar-refractivity contribution in [1.82, 2.24) is 10.3 Å². The fourth-order valence-electron chi connectivity index (χ4n) is 2.77. The minimum Gasteiger partial charge on any atom is -0.390 e. The van der Waals surface area contributed by atoms with Crippen molar-refractivity contribution < 1.29 is 9.90 Å². The van der Waals surface area contributed by atoms with Gasteiger partial charge >= 0.3 is 0 Å². The lowest BCUT2D eigenvalue weighted by atomic mass is 10.1. The van der Waals surface area contributed by atoms with Crippen molar-refractivity contribution in [2.45, 2.75) is 18.6 Å². The number of nitriles is 1. The highest BCUT2D eigenvalue weighted by molar-refractivity contribution is 9.10. The molecule has 0 saturated carbocycles. The number of benzene rings is 1. The Hall–Kier alpha value is -2.49. The average Bonchev–Trinajstić information content (AvgIpc) is 2.88. The zero-order chi connectivity index (χ0) is 17.1. The lowest BCUT2D eigenvalue weighted by molar-refractivity contribution is -0.118. The molecule has 1 aliphatic carbocycles. The molecule has 2 atom stereocenters. The van der Waals surface area contributed by atoms with Gasteiger partial charge < -0.3 is 10.4 Å². The second-order valence-electron chi connectivity index (χ2n) is 5.48. The third-order valence-electron chi connectivity index (χ3n) is 3.88. The fraction of sp³-hybridized carbons (Fsp3) is 0.167. The summed E-state index contributed by atoms with van der Waals surface area (Å²) >= 11 is 3.25. The third-order valence-corrected chi connectivity index (χ3v) is 4.33. The van der Waals surface area contributed by atoms with E-state index in [1.807, 2.05) is 30.3 Å². The topological polar surface area (TPSA) is 86.0 Å². The number of nitrogens with zero attached hydrogens (tertiary/aromatic N) is 2. The summed E-state index contributed by atoms with van der Waals surface area (Å²) in [6, 6.07) is 14.2. The van der Waals surface area contributed by atoms with Crippen LogP contribution in [-0.2, 0) is 11.2 Å². The molecule has 0 saturated heterocycles. The first-order chi connectivity index (χ1) is 11.6. The Morgan fingerprint density at radius 1 is 1.33 bits per heavy atom. The van der Waals surface area contributed by atoms with Gasteiger partial charge in [0.2, 0.25) is 0 Å². The van der Waals surface area contributed by atoms with E-state index >= 15 is 0 Å². The molecule has 5 nitrogen and oxygen atoms in total. The lowest BCUT2D eigenvalue weighted by Gasteiger charge is -2.17. The van der Waals surface area contributed by atoms with Gasteiger partial charge in [0.1, 0.15) is 16.2 Å². The van der Waals surface area contributed by atoms with Gasteiger partial charge in [-0.1, -0.05) is 30.3 Å². The molecule has 24 heavy (non-hydrogen) atoms. The van der Waals surface area contributed by atoms with E-state index in [0.717, 1.165) is 11.1 Å². The molecule has 1 aromatic heterocycles. The molecule has 2 unspecified atom stereocenters. The Labute approximate surface area is 147 Å². The number of nitrogens with one attached hydrogen (secondary N) is 1. The SMILES string of the molecule is N#CC(=Cc1cccc(Br)n1)C(=O)NC1c2ccccc2CC1O. The summed E-state index contributed by atoms with van der Waals surface area (Å²) in [5.74, 6) is -0.528. The standard InChI is InChI=1S/C18H14BrN3O2/c19-16-7-3-5-13(21-16)8-12(10-20)18(24)22-17-14-6-2-1-4-11(14)9-15(17)23/h1-8,15,17,23H,9H2,(H,22,24). The van der Waals surface area contributed by atoms with Crippen LogP contribution in [0.25, 0.3) is 6.08 Å². The average molecular weight is 384 g/mol. The summed E-state index contributed by atoms with van der Waals surface area (Å²) in [7, 11) is 0. The summed E-state index contributed by atoms with van der Waals surface area (Å²) < 4.78 is 0.620. The molecule has 0 fully saturated rings. The molecule has 0 aliphatic heterocycles. The summed E-state index contributed by atoms with van der Waals surface area (Å²) in [6.07, 6.45) is 1.21. The Morgan fingerprint density at radius 2 is 2.12 bits per heavy atom. The lowest BCUT2D eigenvalue weighted by Crippen LogP contribution is -2.34. The van der Waals surface area contributed by atoms with Crippen molar-refractivity contribution in [2.24, 2.45) is 0 Å². The van der Waals surface area contributed by atoms with E-state index in [4.69, 9.17) is 0 Å². The van der Waals surface area contributed by atoms with Gasteiger partial charge in [0, 0.05) is 6.42 Å². The van der Waals surface area contributed by atoms with Crippen molar-refractivity contribution in [3.63, 3.8) is 0 Å². The summed E-state index contributed by atoms with van der Waals surface area (Å²) in [6.45, 7) is 0. The van der Waals surface area contributed by atoms with Crippen LogP contribution in [0.2, 0.25) is 0 Å². The number of halogens is 1. The molecule has 1 heterocycles. The van der Waals surface area contributed by atoms with Gasteiger partial charge in [-0.2, -0.15) is 5.26 Å².